The van der Waals surface area contributed by atoms with Crippen molar-refractivity contribution in [2.75, 3.05) is 19.0 Å². The third-order valence-corrected chi connectivity index (χ3v) is 5.48. The van der Waals surface area contributed by atoms with Gasteiger partial charge in [0.25, 0.3) is 0 Å². The molecule has 0 amide bonds. The number of hydrogen-bond acceptors (Lipinski definition) is 2. The molecule has 0 fully saturated rings. The fourth-order valence-electron chi connectivity index (χ4n) is 3.72. The average molecular weight is 390 g/mol. The van der Waals surface area contributed by atoms with Crippen LogP contribution in [0, 0.1) is 0 Å². The van der Waals surface area contributed by atoms with Crippen molar-refractivity contribution in [1.82, 2.24) is 9.97 Å². The summed E-state index contributed by atoms with van der Waals surface area (Å²) in [7, 11) is 4.12. The van der Waals surface area contributed by atoms with Crippen LogP contribution in [0.1, 0.15) is 0 Å². The van der Waals surface area contributed by atoms with E-state index in [0.717, 1.165) is 22.4 Å². The maximum atomic E-state index is 4.69. The van der Waals surface area contributed by atoms with E-state index in [0.29, 0.717) is 0 Å². The molecule has 0 aliphatic rings. The normalized spacial score (nSPS) is 11.0. The summed E-state index contributed by atoms with van der Waals surface area (Å²) in [6.07, 6.45) is 0. The molecule has 0 bridgehead atoms. The van der Waals surface area contributed by atoms with Gasteiger partial charge >= 0.3 is 0 Å². The third kappa shape index (κ3) is 3.46. The minimum atomic E-state index is 0.902. The Hall–Kier alpha value is -3.85. The van der Waals surface area contributed by atoms with Gasteiger partial charge in [-0.05, 0) is 46.5 Å². The molecule has 146 valence electrons. The van der Waals surface area contributed by atoms with Gasteiger partial charge in [-0.3, -0.25) is 0 Å². The van der Waals surface area contributed by atoms with E-state index in [9.17, 15) is 0 Å². The Kier molecular flexibility index (Phi) is 4.56. The lowest BCUT2D eigenvalue weighted by Gasteiger charge is -2.13. The predicted molar refractivity (Wildman–Crippen MR) is 127 cm³/mol. The van der Waals surface area contributed by atoms with Gasteiger partial charge in [0.15, 0.2) is 0 Å². The van der Waals surface area contributed by atoms with Gasteiger partial charge in [-0.1, -0.05) is 72.8 Å². The molecule has 5 rings (SSSR count). The molecule has 0 saturated heterocycles. The molecule has 0 spiro atoms. The number of fused-ring (bicyclic) bond motifs is 1. The molecule has 5 aromatic rings. The first-order valence-corrected chi connectivity index (χ1v) is 10.1. The molecule has 0 unspecified atom stereocenters. The van der Waals surface area contributed by atoms with E-state index in [1.54, 1.807) is 0 Å². The van der Waals surface area contributed by atoms with Crippen LogP contribution in [0.5, 0.6) is 0 Å². The Morgan fingerprint density at radius 2 is 1.03 bits per heavy atom. The largest absolute Gasteiger partial charge is 0.378 e. The van der Waals surface area contributed by atoms with Gasteiger partial charge in [0.2, 0.25) is 0 Å². The first kappa shape index (κ1) is 18.2. The molecule has 0 atom stereocenters. The molecular formula is C27H23N3. The summed E-state index contributed by atoms with van der Waals surface area (Å²) in [6, 6.07) is 34.1. The minimum absolute atomic E-state index is 0.902. The molecule has 1 N–H and O–H groups in total. The number of benzene rings is 4. The van der Waals surface area contributed by atoms with Crippen LogP contribution in [0.25, 0.3) is 44.7 Å². The van der Waals surface area contributed by atoms with Crippen LogP contribution in [-0.2, 0) is 0 Å². The van der Waals surface area contributed by atoms with Crippen molar-refractivity contribution in [1.29, 1.82) is 0 Å². The zero-order chi connectivity index (χ0) is 20.5. The Labute approximate surface area is 176 Å². The van der Waals surface area contributed by atoms with Gasteiger partial charge < -0.3 is 9.88 Å². The van der Waals surface area contributed by atoms with Crippen LogP contribution in [0.2, 0.25) is 0 Å². The lowest BCUT2D eigenvalue weighted by Crippen LogP contribution is -2.07. The number of H-pyrrole nitrogens is 1. The zero-order valence-corrected chi connectivity index (χ0v) is 17.1. The number of nitrogens with zero attached hydrogens (tertiary/aromatic N) is 2. The SMILES string of the molecule is CN(C)c1ccc(-c2ccc(-c3ccc(-c4nc5ccccc5[nH]4)cc3)cc2)cc1. The zero-order valence-electron chi connectivity index (χ0n) is 17.1. The predicted octanol–water partition coefficient (Wildman–Crippen LogP) is 6.63. The van der Waals surface area contributed by atoms with Crippen molar-refractivity contribution in [2.45, 2.75) is 0 Å². The summed E-state index contributed by atoms with van der Waals surface area (Å²) in [5.74, 6) is 0.902. The summed E-state index contributed by atoms with van der Waals surface area (Å²) >= 11 is 0. The highest BCUT2D eigenvalue weighted by Gasteiger charge is 2.06. The molecule has 1 aromatic heterocycles. The maximum absolute atomic E-state index is 4.69. The molecule has 0 aliphatic carbocycles. The van der Waals surface area contributed by atoms with Crippen molar-refractivity contribution in [3.8, 4) is 33.6 Å². The van der Waals surface area contributed by atoms with Crippen LogP contribution < -0.4 is 4.90 Å². The molecule has 30 heavy (non-hydrogen) atoms. The summed E-state index contributed by atoms with van der Waals surface area (Å²) in [5.41, 5.74) is 9.21. The molecule has 0 saturated carbocycles. The Balaban J connectivity index is 1.38. The molecule has 4 aromatic carbocycles. The van der Waals surface area contributed by atoms with Crippen molar-refractivity contribution in [3.63, 3.8) is 0 Å². The van der Waals surface area contributed by atoms with Crippen molar-refractivity contribution in [2.24, 2.45) is 0 Å². The molecule has 3 heteroatoms. The minimum Gasteiger partial charge on any atom is -0.378 e. The third-order valence-electron chi connectivity index (χ3n) is 5.48. The number of hydrogen-bond donors (Lipinski definition) is 1. The van der Waals surface area contributed by atoms with E-state index in [4.69, 9.17) is 0 Å². The average Bonchev–Trinajstić information content (AvgIpc) is 3.24. The first-order chi connectivity index (χ1) is 14.7. The number of aromatic nitrogens is 2. The second kappa shape index (κ2) is 7.53. The van der Waals surface area contributed by atoms with E-state index in [-0.39, 0.29) is 0 Å². The van der Waals surface area contributed by atoms with Gasteiger partial charge in [-0.15, -0.1) is 0 Å². The highest BCUT2D eigenvalue weighted by atomic mass is 15.1. The molecule has 0 aliphatic heterocycles. The summed E-state index contributed by atoms with van der Waals surface area (Å²) in [5, 5.41) is 0. The smallest absolute Gasteiger partial charge is 0.138 e. The van der Waals surface area contributed by atoms with Gasteiger partial charge in [-0.2, -0.15) is 0 Å². The molecule has 0 radical (unpaired) electrons. The summed E-state index contributed by atoms with van der Waals surface area (Å²) < 4.78 is 0. The highest BCUT2D eigenvalue weighted by molar-refractivity contribution is 5.80. The Morgan fingerprint density at radius 1 is 0.567 bits per heavy atom. The number of aromatic amines is 1. The topological polar surface area (TPSA) is 31.9 Å². The Bertz CT molecular complexity index is 1250. The van der Waals surface area contributed by atoms with Gasteiger partial charge in [0.1, 0.15) is 5.82 Å². The number of para-hydroxylation sites is 2. The van der Waals surface area contributed by atoms with E-state index < -0.39 is 0 Å². The second-order valence-corrected chi connectivity index (χ2v) is 7.70. The standard InChI is InChI=1S/C27H23N3/c1-30(2)24-17-15-22(16-18-24)20-9-7-19(8-10-20)21-11-13-23(14-12-21)27-28-25-5-3-4-6-26(25)29-27/h3-18H,1-2H3,(H,28,29). The van der Waals surface area contributed by atoms with Gasteiger partial charge in [0.05, 0.1) is 11.0 Å². The fourth-order valence-corrected chi connectivity index (χ4v) is 3.72. The number of anilines is 1. The van der Waals surface area contributed by atoms with E-state index in [2.05, 4.69) is 108 Å². The van der Waals surface area contributed by atoms with Crippen LogP contribution >= 0.6 is 0 Å². The fraction of sp³-hybridized carbons (Fsp3) is 0.0741. The van der Waals surface area contributed by atoms with Crippen LogP contribution in [-0.4, -0.2) is 24.1 Å². The van der Waals surface area contributed by atoms with Crippen molar-refractivity contribution in [3.05, 3.63) is 97.1 Å². The molecule has 1 heterocycles. The lowest BCUT2D eigenvalue weighted by molar-refractivity contribution is 1.13. The number of nitrogens with one attached hydrogen (secondary N) is 1. The first-order valence-electron chi connectivity index (χ1n) is 10.1. The van der Waals surface area contributed by atoms with E-state index >= 15 is 0 Å². The lowest BCUT2D eigenvalue weighted by atomic mass is 9.99. The van der Waals surface area contributed by atoms with E-state index in [1.165, 1.54) is 27.9 Å². The van der Waals surface area contributed by atoms with Crippen molar-refractivity contribution < 1.29 is 0 Å². The van der Waals surface area contributed by atoms with Crippen LogP contribution in [0.15, 0.2) is 97.1 Å². The molecular weight excluding hydrogens is 366 g/mol. The van der Waals surface area contributed by atoms with Crippen LogP contribution in [0.4, 0.5) is 5.69 Å². The number of imidazole rings is 1. The van der Waals surface area contributed by atoms with Crippen molar-refractivity contribution >= 4 is 16.7 Å². The van der Waals surface area contributed by atoms with Crippen LogP contribution in [0.3, 0.4) is 0 Å². The maximum Gasteiger partial charge on any atom is 0.138 e. The van der Waals surface area contributed by atoms with Gasteiger partial charge in [-0.25, -0.2) is 4.98 Å². The van der Waals surface area contributed by atoms with E-state index in [1.807, 2.05) is 18.2 Å². The Morgan fingerprint density at radius 3 is 1.53 bits per heavy atom. The molecule has 3 nitrogen and oxygen atoms in total. The monoisotopic (exact) mass is 389 g/mol. The second-order valence-electron chi connectivity index (χ2n) is 7.70. The number of rotatable bonds is 4. The summed E-state index contributed by atoms with van der Waals surface area (Å²) in [4.78, 5) is 10.2. The van der Waals surface area contributed by atoms with Gasteiger partial charge in [0, 0.05) is 25.3 Å². The highest BCUT2D eigenvalue weighted by Crippen LogP contribution is 2.28. The quantitative estimate of drug-likeness (QED) is 0.374. The summed E-state index contributed by atoms with van der Waals surface area (Å²) in [6.45, 7) is 0.